The van der Waals surface area contributed by atoms with Crippen molar-refractivity contribution in [2.24, 2.45) is 0 Å². The standard InChI is InChI=1S/C16H19NO2S/c1-12-8-10-15(11-9-12)20(18,19)17-14(3)16-7-5-4-6-13(16)2/h4-11,14,17H,1-3H3/t14-/m1/s1. The van der Waals surface area contributed by atoms with Crippen molar-refractivity contribution >= 4 is 10.0 Å². The normalized spacial score (nSPS) is 13.2. The summed E-state index contributed by atoms with van der Waals surface area (Å²) in [7, 11) is -3.49. The Hall–Kier alpha value is -1.65. The Bertz CT molecular complexity index is 691. The summed E-state index contributed by atoms with van der Waals surface area (Å²) in [5.41, 5.74) is 3.10. The molecule has 2 rings (SSSR count). The average molecular weight is 289 g/mol. The molecule has 4 heteroatoms. The third kappa shape index (κ3) is 3.26. The Morgan fingerprint density at radius 3 is 2.15 bits per heavy atom. The molecule has 20 heavy (non-hydrogen) atoms. The third-order valence-corrected chi connectivity index (χ3v) is 4.87. The molecule has 106 valence electrons. The maximum Gasteiger partial charge on any atom is 0.241 e. The van der Waals surface area contributed by atoms with E-state index in [0.29, 0.717) is 4.90 Å². The van der Waals surface area contributed by atoms with E-state index >= 15 is 0 Å². The van der Waals surface area contributed by atoms with Crippen LogP contribution in [0.25, 0.3) is 0 Å². The van der Waals surface area contributed by atoms with Gasteiger partial charge < -0.3 is 0 Å². The van der Waals surface area contributed by atoms with Crippen LogP contribution < -0.4 is 4.72 Å². The number of sulfonamides is 1. The molecule has 0 aliphatic heterocycles. The average Bonchev–Trinajstić information content (AvgIpc) is 2.39. The van der Waals surface area contributed by atoms with Crippen molar-refractivity contribution in [3.05, 3.63) is 65.2 Å². The fraction of sp³-hybridized carbons (Fsp3) is 0.250. The summed E-state index contributed by atoms with van der Waals surface area (Å²) in [5, 5.41) is 0. The topological polar surface area (TPSA) is 46.2 Å². The first kappa shape index (κ1) is 14.8. The Balaban J connectivity index is 2.24. The highest BCUT2D eigenvalue weighted by atomic mass is 32.2. The van der Waals surface area contributed by atoms with E-state index < -0.39 is 10.0 Å². The molecule has 0 radical (unpaired) electrons. The summed E-state index contributed by atoms with van der Waals surface area (Å²) in [6, 6.07) is 14.4. The zero-order valence-electron chi connectivity index (χ0n) is 11.9. The lowest BCUT2D eigenvalue weighted by atomic mass is 10.0. The molecule has 0 saturated carbocycles. The van der Waals surface area contributed by atoms with Crippen LogP contribution in [0, 0.1) is 13.8 Å². The molecule has 3 nitrogen and oxygen atoms in total. The van der Waals surface area contributed by atoms with E-state index in [2.05, 4.69) is 4.72 Å². The van der Waals surface area contributed by atoms with Crippen molar-refractivity contribution < 1.29 is 8.42 Å². The number of aryl methyl sites for hydroxylation is 2. The van der Waals surface area contributed by atoms with Crippen molar-refractivity contribution in [3.63, 3.8) is 0 Å². The van der Waals surface area contributed by atoms with Crippen LogP contribution in [0.4, 0.5) is 0 Å². The van der Waals surface area contributed by atoms with Gasteiger partial charge in [0, 0.05) is 6.04 Å². The molecule has 2 aromatic carbocycles. The van der Waals surface area contributed by atoms with Gasteiger partial charge in [-0.3, -0.25) is 0 Å². The van der Waals surface area contributed by atoms with E-state index in [1.54, 1.807) is 24.3 Å². The minimum atomic E-state index is -3.49. The molecule has 1 N–H and O–H groups in total. The first-order valence-corrected chi connectivity index (χ1v) is 8.03. The number of rotatable bonds is 4. The van der Waals surface area contributed by atoms with Gasteiger partial charge in [-0.05, 0) is 44.0 Å². The first-order chi connectivity index (χ1) is 9.40. The van der Waals surface area contributed by atoms with Gasteiger partial charge in [0.05, 0.1) is 4.90 Å². The maximum atomic E-state index is 12.3. The minimum absolute atomic E-state index is 0.262. The number of hydrogen-bond acceptors (Lipinski definition) is 2. The van der Waals surface area contributed by atoms with Crippen LogP contribution >= 0.6 is 0 Å². The Labute approximate surface area is 120 Å². The van der Waals surface area contributed by atoms with Gasteiger partial charge >= 0.3 is 0 Å². The van der Waals surface area contributed by atoms with E-state index in [0.717, 1.165) is 16.7 Å². The molecule has 0 spiro atoms. The SMILES string of the molecule is Cc1ccc(S(=O)(=O)N[C@H](C)c2ccccc2C)cc1. The summed E-state index contributed by atoms with van der Waals surface area (Å²) >= 11 is 0. The largest absolute Gasteiger partial charge is 0.241 e. The minimum Gasteiger partial charge on any atom is -0.207 e. The molecule has 0 fully saturated rings. The highest BCUT2D eigenvalue weighted by Gasteiger charge is 2.18. The van der Waals surface area contributed by atoms with Gasteiger partial charge in [0.1, 0.15) is 0 Å². The van der Waals surface area contributed by atoms with Crippen molar-refractivity contribution in [2.75, 3.05) is 0 Å². The smallest absolute Gasteiger partial charge is 0.207 e. The lowest BCUT2D eigenvalue weighted by Gasteiger charge is -2.16. The number of benzene rings is 2. The maximum absolute atomic E-state index is 12.3. The Kier molecular flexibility index (Phi) is 4.26. The monoisotopic (exact) mass is 289 g/mol. The molecule has 0 amide bonds. The Morgan fingerprint density at radius 1 is 0.950 bits per heavy atom. The molecule has 0 aromatic heterocycles. The molecule has 0 saturated heterocycles. The van der Waals surface area contributed by atoms with Crippen LogP contribution in [0.1, 0.15) is 29.7 Å². The fourth-order valence-corrected chi connectivity index (χ4v) is 3.38. The summed E-state index contributed by atoms with van der Waals surface area (Å²) < 4.78 is 27.4. The summed E-state index contributed by atoms with van der Waals surface area (Å²) in [5.74, 6) is 0. The van der Waals surface area contributed by atoms with Crippen molar-refractivity contribution in [3.8, 4) is 0 Å². The predicted molar refractivity (Wildman–Crippen MR) is 81.1 cm³/mol. The van der Waals surface area contributed by atoms with Gasteiger partial charge in [0.2, 0.25) is 10.0 Å². The second kappa shape index (κ2) is 5.77. The van der Waals surface area contributed by atoms with Gasteiger partial charge in [0.25, 0.3) is 0 Å². The van der Waals surface area contributed by atoms with Gasteiger partial charge in [0.15, 0.2) is 0 Å². The second-order valence-electron chi connectivity index (χ2n) is 5.01. The van der Waals surface area contributed by atoms with Crippen molar-refractivity contribution in [1.29, 1.82) is 0 Å². The van der Waals surface area contributed by atoms with E-state index in [4.69, 9.17) is 0 Å². The van der Waals surface area contributed by atoms with Crippen LogP contribution in [0.2, 0.25) is 0 Å². The van der Waals surface area contributed by atoms with Crippen LogP contribution in [0.15, 0.2) is 53.4 Å². The summed E-state index contributed by atoms with van der Waals surface area (Å²) in [4.78, 5) is 0.295. The molecule has 0 bridgehead atoms. The summed E-state index contributed by atoms with van der Waals surface area (Å²) in [6.45, 7) is 5.76. The van der Waals surface area contributed by atoms with Crippen molar-refractivity contribution in [1.82, 2.24) is 4.72 Å². The highest BCUT2D eigenvalue weighted by Crippen LogP contribution is 2.20. The molecule has 2 aromatic rings. The first-order valence-electron chi connectivity index (χ1n) is 6.54. The van der Waals surface area contributed by atoms with E-state index in [-0.39, 0.29) is 6.04 Å². The second-order valence-corrected chi connectivity index (χ2v) is 6.73. The van der Waals surface area contributed by atoms with Crippen LogP contribution in [0.5, 0.6) is 0 Å². The lowest BCUT2D eigenvalue weighted by Crippen LogP contribution is -2.27. The molecule has 0 unspecified atom stereocenters. The van der Waals surface area contributed by atoms with E-state index in [1.807, 2.05) is 45.0 Å². The summed E-state index contributed by atoms with van der Waals surface area (Å²) in [6.07, 6.45) is 0. The molecular weight excluding hydrogens is 270 g/mol. The van der Waals surface area contributed by atoms with Crippen LogP contribution in [-0.4, -0.2) is 8.42 Å². The quantitative estimate of drug-likeness (QED) is 0.938. The number of nitrogens with one attached hydrogen (secondary N) is 1. The molecular formula is C16H19NO2S. The van der Waals surface area contributed by atoms with Crippen LogP contribution in [-0.2, 0) is 10.0 Å². The highest BCUT2D eigenvalue weighted by molar-refractivity contribution is 7.89. The molecule has 0 aliphatic carbocycles. The number of hydrogen-bond donors (Lipinski definition) is 1. The fourth-order valence-electron chi connectivity index (χ4n) is 2.15. The predicted octanol–water partition coefficient (Wildman–Crippen LogP) is 3.34. The van der Waals surface area contributed by atoms with Gasteiger partial charge in [-0.2, -0.15) is 0 Å². The Morgan fingerprint density at radius 2 is 1.55 bits per heavy atom. The zero-order valence-corrected chi connectivity index (χ0v) is 12.7. The van der Waals surface area contributed by atoms with Gasteiger partial charge in [-0.1, -0.05) is 42.0 Å². The zero-order chi connectivity index (χ0) is 14.8. The van der Waals surface area contributed by atoms with E-state index in [1.165, 1.54) is 0 Å². The molecule has 0 heterocycles. The lowest BCUT2D eigenvalue weighted by molar-refractivity contribution is 0.566. The molecule has 1 atom stereocenters. The van der Waals surface area contributed by atoms with E-state index in [9.17, 15) is 8.42 Å². The molecule has 0 aliphatic rings. The van der Waals surface area contributed by atoms with Gasteiger partial charge in [-0.15, -0.1) is 0 Å². The van der Waals surface area contributed by atoms with Gasteiger partial charge in [-0.25, -0.2) is 13.1 Å². The van der Waals surface area contributed by atoms with Crippen molar-refractivity contribution in [2.45, 2.75) is 31.7 Å². The third-order valence-electron chi connectivity index (χ3n) is 3.32. The van der Waals surface area contributed by atoms with Crippen LogP contribution in [0.3, 0.4) is 0 Å².